The molecule has 90 valence electrons. The van der Waals surface area contributed by atoms with Crippen LogP contribution >= 0.6 is 23.1 Å². The van der Waals surface area contributed by atoms with Crippen molar-refractivity contribution in [1.82, 2.24) is 5.32 Å². The number of carbonyl (C=O) groups is 1. The quantitative estimate of drug-likeness (QED) is 0.603. The predicted molar refractivity (Wildman–Crippen MR) is 69.1 cm³/mol. The molecule has 1 aromatic heterocycles. The van der Waals surface area contributed by atoms with Gasteiger partial charge in [0.25, 0.3) is 0 Å². The molecular weight excluding hydrogens is 242 g/mol. The summed E-state index contributed by atoms with van der Waals surface area (Å²) in [7, 11) is 1.43. The van der Waals surface area contributed by atoms with E-state index >= 15 is 0 Å². The maximum absolute atomic E-state index is 11.5. The highest BCUT2D eigenvalue weighted by Gasteiger charge is 2.18. The van der Waals surface area contributed by atoms with Crippen LogP contribution in [0.1, 0.15) is 13.3 Å². The van der Waals surface area contributed by atoms with Gasteiger partial charge in [-0.3, -0.25) is 4.79 Å². The molecule has 0 fully saturated rings. The summed E-state index contributed by atoms with van der Waals surface area (Å²) in [4.78, 5) is 11.5. The summed E-state index contributed by atoms with van der Waals surface area (Å²) in [5, 5.41) is 5.23. The number of nitrogens with one attached hydrogen (secondary N) is 1. The van der Waals surface area contributed by atoms with Crippen LogP contribution in [0, 0.1) is 0 Å². The van der Waals surface area contributed by atoms with E-state index in [1.165, 1.54) is 11.3 Å². The molecule has 0 aliphatic rings. The fourth-order valence-corrected chi connectivity index (χ4v) is 3.03. The molecule has 1 atom stereocenters. The molecule has 1 rings (SSSR count). The zero-order valence-electron chi connectivity index (χ0n) is 9.56. The van der Waals surface area contributed by atoms with Crippen molar-refractivity contribution >= 4 is 29.1 Å². The van der Waals surface area contributed by atoms with Gasteiger partial charge in [-0.1, -0.05) is 13.0 Å². The van der Waals surface area contributed by atoms with E-state index in [1.54, 1.807) is 23.1 Å². The molecule has 0 spiro atoms. The molecule has 0 aliphatic heterocycles. The summed E-state index contributed by atoms with van der Waals surface area (Å²) >= 11 is 3.38. The molecule has 1 heterocycles. The lowest BCUT2D eigenvalue weighted by molar-refractivity contribution is -0.142. The molecular formula is C11H17NO2S2. The lowest BCUT2D eigenvalue weighted by Crippen LogP contribution is -2.40. The fourth-order valence-electron chi connectivity index (χ4n) is 1.18. The van der Waals surface area contributed by atoms with Crippen LogP contribution in [-0.4, -0.2) is 31.4 Å². The Hall–Kier alpha value is -0.520. The Morgan fingerprint density at radius 1 is 1.69 bits per heavy atom. The zero-order valence-corrected chi connectivity index (χ0v) is 11.2. The number of esters is 1. The number of thiophene rings is 1. The first-order chi connectivity index (χ1) is 7.77. The monoisotopic (exact) mass is 259 g/mol. The van der Waals surface area contributed by atoms with E-state index in [4.69, 9.17) is 4.74 Å². The highest BCUT2D eigenvalue weighted by Crippen LogP contribution is 2.24. The van der Waals surface area contributed by atoms with Crippen molar-refractivity contribution in [1.29, 1.82) is 0 Å². The molecule has 16 heavy (non-hydrogen) atoms. The standard InChI is InChI=1S/C11H17NO2S2/c1-3-6-12-9(11(13)14-2)8-16-10-5-4-7-15-10/h4-5,7,9,12H,3,6,8H2,1-2H3. The van der Waals surface area contributed by atoms with Crippen molar-refractivity contribution in [3.05, 3.63) is 17.5 Å². The number of methoxy groups -OCH3 is 1. The van der Waals surface area contributed by atoms with Gasteiger partial charge in [0, 0.05) is 5.75 Å². The van der Waals surface area contributed by atoms with Crippen LogP contribution in [0.15, 0.2) is 21.7 Å². The van der Waals surface area contributed by atoms with E-state index in [0.717, 1.165) is 13.0 Å². The van der Waals surface area contributed by atoms with Crippen LogP contribution in [0.4, 0.5) is 0 Å². The Morgan fingerprint density at radius 2 is 2.50 bits per heavy atom. The highest BCUT2D eigenvalue weighted by atomic mass is 32.2. The topological polar surface area (TPSA) is 38.3 Å². The van der Waals surface area contributed by atoms with Crippen molar-refractivity contribution in [3.8, 4) is 0 Å². The molecule has 0 radical (unpaired) electrons. The first-order valence-corrected chi connectivity index (χ1v) is 7.12. The summed E-state index contributed by atoms with van der Waals surface area (Å²) in [5.41, 5.74) is 0. The third-order valence-electron chi connectivity index (χ3n) is 2.01. The summed E-state index contributed by atoms with van der Waals surface area (Å²) in [5.74, 6) is 0.533. The summed E-state index contributed by atoms with van der Waals surface area (Å²) in [6.07, 6.45) is 1.01. The van der Waals surface area contributed by atoms with E-state index in [0.29, 0.717) is 5.75 Å². The van der Waals surface area contributed by atoms with Crippen LogP contribution in [-0.2, 0) is 9.53 Å². The molecule has 1 N–H and O–H groups in total. The van der Waals surface area contributed by atoms with Gasteiger partial charge in [-0.25, -0.2) is 0 Å². The Morgan fingerprint density at radius 3 is 3.06 bits per heavy atom. The van der Waals surface area contributed by atoms with Gasteiger partial charge in [0.2, 0.25) is 0 Å². The maximum atomic E-state index is 11.5. The molecule has 5 heteroatoms. The van der Waals surface area contributed by atoms with Crippen LogP contribution < -0.4 is 5.32 Å². The van der Waals surface area contributed by atoms with E-state index in [1.807, 2.05) is 11.4 Å². The van der Waals surface area contributed by atoms with E-state index in [-0.39, 0.29) is 12.0 Å². The van der Waals surface area contributed by atoms with Crippen molar-refractivity contribution in [2.75, 3.05) is 19.4 Å². The Bertz CT molecular complexity index is 301. The number of thioether (sulfide) groups is 1. The first kappa shape index (κ1) is 13.5. The van der Waals surface area contributed by atoms with Gasteiger partial charge in [-0.15, -0.1) is 23.1 Å². The largest absolute Gasteiger partial charge is 0.468 e. The molecule has 0 aromatic carbocycles. The Kier molecular flexibility index (Phi) is 6.52. The van der Waals surface area contributed by atoms with Crippen LogP contribution in [0.2, 0.25) is 0 Å². The van der Waals surface area contributed by atoms with E-state index in [9.17, 15) is 4.79 Å². The lowest BCUT2D eigenvalue weighted by Gasteiger charge is -2.14. The van der Waals surface area contributed by atoms with Crippen molar-refractivity contribution in [2.24, 2.45) is 0 Å². The second-order valence-electron chi connectivity index (χ2n) is 3.27. The number of hydrogen-bond donors (Lipinski definition) is 1. The minimum Gasteiger partial charge on any atom is -0.468 e. The molecule has 1 unspecified atom stereocenters. The third-order valence-corrected chi connectivity index (χ3v) is 4.24. The van der Waals surface area contributed by atoms with E-state index in [2.05, 4.69) is 18.3 Å². The van der Waals surface area contributed by atoms with Gasteiger partial charge >= 0.3 is 5.97 Å². The summed E-state index contributed by atoms with van der Waals surface area (Å²) < 4.78 is 6.00. The van der Waals surface area contributed by atoms with Gasteiger partial charge in [0.15, 0.2) is 0 Å². The Balaban J connectivity index is 2.40. The Labute approximate surface area is 105 Å². The molecule has 1 aromatic rings. The minimum atomic E-state index is -0.211. The SMILES string of the molecule is CCCNC(CSc1cccs1)C(=O)OC. The molecule has 3 nitrogen and oxygen atoms in total. The maximum Gasteiger partial charge on any atom is 0.323 e. The minimum absolute atomic E-state index is 0.183. The van der Waals surface area contributed by atoms with Gasteiger partial charge in [-0.05, 0) is 24.4 Å². The lowest BCUT2D eigenvalue weighted by atomic mass is 10.3. The average Bonchev–Trinajstić information content (AvgIpc) is 2.81. The van der Waals surface area contributed by atoms with Gasteiger partial charge in [0.1, 0.15) is 6.04 Å². The fraction of sp³-hybridized carbons (Fsp3) is 0.545. The second kappa shape index (κ2) is 7.70. The average molecular weight is 259 g/mol. The zero-order chi connectivity index (χ0) is 11.8. The molecule has 0 amide bonds. The van der Waals surface area contributed by atoms with Crippen molar-refractivity contribution in [2.45, 2.75) is 23.6 Å². The van der Waals surface area contributed by atoms with Gasteiger partial charge < -0.3 is 10.1 Å². The second-order valence-corrected chi connectivity index (χ2v) is 5.54. The molecule has 0 saturated heterocycles. The van der Waals surface area contributed by atoms with Gasteiger partial charge in [-0.2, -0.15) is 0 Å². The van der Waals surface area contributed by atoms with Crippen molar-refractivity contribution < 1.29 is 9.53 Å². The predicted octanol–water partition coefficient (Wildman–Crippen LogP) is 2.38. The van der Waals surface area contributed by atoms with E-state index < -0.39 is 0 Å². The normalized spacial score (nSPS) is 12.4. The van der Waals surface area contributed by atoms with Crippen LogP contribution in [0.25, 0.3) is 0 Å². The highest BCUT2D eigenvalue weighted by molar-refractivity contribution is 8.01. The number of hydrogen-bond acceptors (Lipinski definition) is 5. The number of ether oxygens (including phenoxy) is 1. The molecule has 0 aliphatic carbocycles. The number of rotatable bonds is 7. The summed E-state index contributed by atoms with van der Waals surface area (Å²) in [6, 6.07) is 3.86. The van der Waals surface area contributed by atoms with Crippen molar-refractivity contribution in [3.63, 3.8) is 0 Å². The first-order valence-electron chi connectivity index (χ1n) is 5.25. The number of carbonyl (C=O) groups excluding carboxylic acids is 1. The van der Waals surface area contributed by atoms with Gasteiger partial charge in [0.05, 0.1) is 11.3 Å². The van der Waals surface area contributed by atoms with Crippen LogP contribution in [0.5, 0.6) is 0 Å². The molecule has 0 saturated carbocycles. The van der Waals surface area contributed by atoms with Crippen LogP contribution in [0.3, 0.4) is 0 Å². The smallest absolute Gasteiger partial charge is 0.323 e. The molecule has 0 bridgehead atoms. The summed E-state index contributed by atoms with van der Waals surface area (Å²) in [6.45, 7) is 2.92. The third kappa shape index (κ3) is 4.55.